The van der Waals surface area contributed by atoms with Gasteiger partial charge in [0, 0.05) is 0 Å². The SMILES string of the molecule is Cc1csc(-c2oc3cccc(O)c3c(=O)c2O)c1. The van der Waals surface area contributed by atoms with Crippen molar-refractivity contribution >= 4 is 22.3 Å². The first-order chi connectivity index (χ1) is 9.08. The van der Waals surface area contributed by atoms with Crippen LogP contribution in [-0.2, 0) is 0 Å². The largest absolute Gasteiger partial charge is 0.507 e. The van der Waals surface area contributed by atoms with Crippen molar-refractivity contribution in [2.75, 3.05) is 0 Å². The topological polar surface area (TPSA) is 70.7 Å². The van der Waals surface area contributed by atoms with Gasteiger partial charge in [-0.15, -0.1) is 11.3 Å². The molecule has 2 aromatic heterocycles. The van der Waals surface area contributed by atoms with E-state index < -0.39 is 11.2 Å². The van der Waals surface area contributed by atoms with E-state index in [9.17, 15) is 15.0 Å². The lowest BCUT2D eigenvalue weighted by atomic mass is 10.1. The lowest BCUT2D eigenvalue weighted by molar-refractivity contribution is 0.446. The maximum atomic E-state index is 12.1. The Bertz CT molecular complexity index is 829. The average molecular weight is 274 g/mol. The van der Waals surface area contributed by atoms with Crippen LogP contribution in [0, 0.1) is 6.92 Å². The van der Waals surface area contributed by atoms with E-state index in [0.717, 1.165) is 5.56 Å². The van der Waals surface area contributed by atoms with Crippen molar-refractivity contribution in [2.24, 2.45) is 0 Å². The molecule has 0 aliphatic rings. The number of aryl methyl sites for hydroxylation is 1. The maximum absolute atomic E-state index is 12.1. The number of benzene rings is 1. The van der Waals surface area contributed by atoms with Gasteiger partial charge in [0.2, 0.25) is 11.2 Å². The van der Waals surface area contributed by atoms with Gasteiger partial charge in [0.15, 0.2) is 5.76 Å². The third-order valence-electron chi connectivity index (χ3n) is 2.83. The zero-order chi connectivity index (χ0) is 13.6. The molecule has 96 valence electrons. The molecule has 0 amide bonds. The van der Waals surface area contributed by atoms with E-state index in [-0.39, 0.29) is 22.5 Å². The van der Waals surface area contributed by atoms with Crippen LogP contribution in [-0.4, -0.2) is 10.2 Å². The lowest BCUT2D eigenvalue weighted by Gasteiger charge is -2.04. The van der Waals surface area contributed by atoms with Crippen LogP contribution < -0.4 is 5.43 Å². The molecule has 0 atom stereocenters. The van der Waals surface area contributed by atoms with Crippen LogP contribution in [0.4, 0.5) is 0 Å². The Morgan fingerprint density at radius 1 is 1.26 bits per heavy atom. The highest BCUT2D eigenvalue weighted by Gasteiger charge is 2.18. The number of aromatic hydroxyl groups is 2. The summed E-state index contributed by atoms with van der Waals surface area (Å²) in [5, 5.41) is 21.5. The van der Waals surface area contributed by atoms with Crippen LogP contribution in [0.15, 0.2) is 38.9 Å². The van der Waals surface area contributed by atoms with E-state index in [1.807, 2.05) is 18.4 Å². The van der Waals surface area contributed by atoms with E-state index in [1.165, 1.54) is 17.4 Å². The van der Waals surface area contributed by atoms with Gasteiger partial charge < -0.3 is 14.6 Å². The fourth-order valence-corrected chi connectivity index (χ4v) is 2.81. The number of hydrogen-bond acceptors (Lipinski definition) is 5. The molecule has 2 N–H and O–H groups in total. The zero-order valence-electron chi connectivity index (χ0n) is 10.0. The summed E-state index contributed by atoms with van der Waals surface area (Å²) in [6.45, 7) is 1.92. The van der Waals surface area contributed by atoms with Crippen molar-refractivity contribution in [1.29, 1.82) is 0 Å². The van der Waals surface area contributed by atoms with Crippen molar-refractivity contribution < 1.29 is 14.6 Å². The summed E-state index contributed by atoms with van der Waals surface area (Å²) in [6.07, 6.45) is 0. The molecule has 0 spiro atoms. The molecule has 0 saturated heterocycles. The van der Waals surface area contributed by atoms with Gasteiger partial charge in [-0.1, -0.05) is 6.07 Å². The number of phenolic OH excluding ortho intramolecular Hbond substituents is 1. The minimum Gasteiger partial charge on any atom is -0.507 e. The molecule has 3 aromatic rings. The van der Waals surface area contributed by atoms with Gasteiger partial charge in [-0.25, -0.2) is 0 Å². The minimum atomic E-state index is -0.625. The molecule has 0 aliphatic carbocycles. The van der Waals surface area contributed by atoms with Crippen LogP contribution in [0.3, 0.4) is 0 Å². The first-order valence-electron chi connectivity index (χ1n) is 5.61. The Kier molecular flexibility index (Phi) is 2.57. The zero-order valence-corrected chi connectivity index (χ0v) is 10.8. The standard InChI is InChI=1S/C14H10O4S/c1-7-5-10(19-6-7)14-13(17)12(16)11-8(15)3-2-4-9(11)18-14/h2-6,15,17H,1H3. The third-order valence-corrected chi connectivity index (χ3v) is 3.87. The summed E-state index contributed by atoms with van der Waals surface area (Å²) in [4.78, 5) is 12.8. The molecule has 3 rings (SSSR count). The molecule has 4 nitrogen and oxygen atoms in total. The van der Waals surface area contributed by atoms with E-state index >= 15 is 0 Å². The van der Waals surface area contributed by atoms with Crippen LogP contribution in [0.25, 0.3) is 21.6 Å². The van der Waals surface area contributed by atoms with Crippen LogP contribution in [0.5, 0.6) is 11.5 Å². The number of fused-ring (bicyclic) bond motifs is 1. The quantitative estimate of drug-likeness (QED) is 0.714. The van der Waals surface area contributed by atoms with Crippen LogP contribution >= 0.6 is 11.3 Å². The van der Waals surface area contributed by atoms with Crippen molar-refractivity contribution in [1.82, 2.24) is 0 Å². The molecule has 19 heavy (non-hydrogen) atoms. The van der Waals surface area contributed by atoms with E-state index in [2.05, 4.69) is 0 Å². The van der Waals surface area contributed by atoms with Crippen LogP contribution in [0.2, 0.25) is 0 Å². The molecule has 0 saturated carbocycles. The Morgan fingerprint density at radius 2 is 2.05 bits per heavy atom. The third kappa shape index (κ3) is 1.79. The van der Waals surface area contributed by atoms with Gasteiger partial charge in [0.25, 0.3) is 0 Å². The Balaban J connectivity index is 2.40. The summed E-state index contributed by atoms with van der Waals surface area (Å²) in [7, 11) is 0. The molecule has 0 fully saturated rings. The molecule has 0 aliphatic heterocycles. The van der Waals surface area contributed by atoms with Gasteiger partial charge in [0.05, 0.1) is 4.88 Å². The van der Waals surface area contributed by atoms with Gasteiger partial charge in [-0.2, -0.15) is 0 Å². The summed E-state index contributed by atoms with van der Waals surface area (Å²) < 4.78 is 5.55. The molecule has 2 heterocycles. The highest BCUT2D eigenvalue weighted by atomic mass is 32.1. The molecule has 0 radical (unpaired) electrons. The average Bonchev–Trinajstić information content (AvgIpc) is 2.80. The lowest BCUT2D eigenvalue weighted by Crippen LogP contribution is -2.02. The van der Waals surface area contributed by atoms with E-state index in [1.54, 1.807) is 12.1 Å². The number of hydrogen-bond donors (Lipinski definition) is 2. The predicted octanol–water partition coefficient (Wildman–Crippen LogP) is 3.24. The predicted molar refractivity (Wildman–Crippen MR) is 73.9 cm³/mol. The minimum absolute atomic E-state index is 0.00275. The highest BCUT2D eigenvalue weighted by molar-refractivity contribution is 7.13. The second-order valence-corrected chi connectivity index (χ2v) is 5.16. The summed E-state index contributed by atoms with van der Waals surface area (Å²) in [5.41, 5.74) is 0.655. The fraction of sp³-hybridized carbons (Fsp3) is 0.0714. The molecular weight excluding hydrogens is 264 g/mol. The summed E-state index contributed by atoms with van der Waals surface area (Å²) in [6, 6.07) is 6.38. The number of phenols is 1. The molecule has 0 unspecified atom stereocenters. The van der Waals surface area contributed by atoms with Crippen molar-refractivity contribution in [2.45, 2.75) is 6.92 Å². The highest BCUT2D eigenvalue weighted by Crippen LogP contribution is 2.35. The Hall–Kier alpha value is -2.27. The molecule has 0 bridgehead atoms. The number of rotatable bonds is 1. The van der Waals surface area contributed by atoms with Gasteiger partial charge in [-0.3, -0.25) is 4.79 Å². The summed E-state index contributed by atoms with van der Waals surface area (Å²) >= 11 is 1.38. The monoisotopic (exact) mass is 274 g/mol. The number of thiophene rings is 1. The Labute approximate surface area is 112 Å². The Morgan fingerprint density at radius 3 is 2.74 bits per heavy atom. The van der Waals surface area contributed by atoms with Gasteiger partial charge >= 0.3 is 0 Å². The van der Waals surface area contributed by atoms with Crippen molar-refractivity contribution in [3.8, 4) is 22.1 Å². The second kappa shape index (κ2) is 4.13. The molecule has 1 aromatic carbocycles. The van der Waals surface area contributed by atoms with Gasteiger partial charge in [0.1, 0.15) is 16.7 Å². The molecule has 5 heteroatoms. The fourth-order valence-electron chi connectivity index (χ4n) is 1.93. The van der Waals surface area contributed by atoms with Crippen molar-refractivity contribution in [3.05, 3.63) is 45.4 Å². The normalized spacial score (nSPS) is 11.0. The van der Waals surface area contributed by atoms with E-state index in [4.69, 9.17) is 4.42 Å². The van der Waals surface area contributed by atoms with Crippen molar-refractivity contribution in [3.63, 3.8) is 0 Å². The smallest absolute Gasteiger partial charge is 0.238 e. The van der Waals surface area contributed by atoms with Crippen LogP contribution in [0.1, 0.15) is 5.56 Å². The maximum Gasteiger partial charge on any atom is 0.238 e. The first-order valence-corrected chi connectivity index (χ1v) is 6.49. The first kappa shape index (κ1) is 11.8. The van der Waals surface area contributed by atoms with E-state index in [0.29, 0.717) is 4.88 Å². The second-order valence-electron chi connectivity index (χ2n) is 4.25. The molecular formula is C14H10O4S. The van der Waals surface area contributed by atoms with Gasteiger partial charge in [-0.05, 0) is 36.1 Å². The summed E-state index contributed by atoms with van der Waals surface area (Å²) in [5.74, 6) is -0.535.